The summed E-state index contributed by atoms with van der Waals surface area (Å²) >= 11 is 0. The molecule has 4 rings (SSSR count). The highest BCUT2D eigenvalue weighted by atomic mass is 16.2. The van der Waals surface area contributed by atoms with E-state index < -0.39 is 0 Å². The first-order valence-electron chi connectivity index (χ1n) is 8.70. The first kappa shape index (κ1) is 15.8. The average molecular weight is 339 g/mol. The maximum absolute atomic E-state index is 12.3. The fraction of sp³-hybridized carbons (Fsp3) is 0.444. The molecule has 2 aromatic rings. The second kappa shape index (κ2) is 6.31. The molecule has 1 aliphatic heterocycles. The lowest BCUT2D eigenvalue weighted by atomic mass is 9.96. The molecule has 130 valence electrons. The Labute approximate surface area is 146 Å². The molecule has 2 amide bonds. The molecule has 1 aromatic carbocycles. The van der Waals surface area contributed by atoms with Gasteiger partial charge in [-0.1, -0.05) is 18.2 Å². The van der Waals surface area contributed by atoms with Gasteiger partial charge in [-0.05, 0) is 30.9 Å². The first-order valence-corrected chi connectivity index (χ1v) is 8.70. The molecule has 7 heteroatoms. The fourth-order valence-electron chi connectivity index (χ4n) is 3.49. The summed E-state index contributed by atoms with van der Waals surface area (Å²) in [5, 5.41) is 10.7. The van der Waals surface area contributed by atoms with E-state index >= 15 is 0 Å². The molecule has 2 aliphatic rings. The minimum Gasteiger partial charge on any atom is -0.312 e. The highest BCUT2D eigenvalue weighted by molar-refractivity contribution is 5.94. The largest absolute Gasteiger partial charge is 0.312 e. The van der Waals surface area contributed by atoms with Crippen molar-refractivity contribution in [3.05, 3.63) is 36.2 Å². The lowest BCUT2D eigenvalue weighted by Crippen LogP contribution is -2.27. The molecule has 1 saturated carbocycles. The number of benzene rings is 1. The second-order valence-corrected chi connectivity index (χ2v) is 6.77. The standard InChI is InChI=1S/C18H21N5O2/c1-12(24)22-10-13(15-4-2-3-5-16(15)22)6-9-17(25)20-18-21-19-11-23(18)14-7-8-14/h2-5,11,13-14H,6-10H2,1H3,(H,20,21,25). The Morgan fingerprint density at radius 3 is 2.84 bits per heavy atom. The number of nitrogens with zero attached hydrogens (tertiary/aromatic N) is 4. The van der Waals surface area contributed by atoms with Gasteiger partial charge in [-0.2, -0.15) is 0 Å². The van der Waals surface area contributed by atoms with Gasteiger partial charge in [-0.25, -0.2) is 0 Å². The Morgan fingerprint density at radius 1 is 1.28 bits per heavy atom. The van der Waals surface area contributed by atoms with E-state index in [9.17, 15) is 9.59 Å². The van der Waals surface area contributed by atoms with Gasteiger partial charge in [0, 0.05) is 37.5 Å². The number of amides is 2. The van der Waals surface area contributed by atoms with Crippen LogP contribution in [0.4, 0.5) is 11.6 Å². The van der Waals surface area contributed by atoms with Crippen LogP contribution in [-0.2, 0) is 9.59 Å². The Bertz CT molecular complexity index is 811. The van der Waals surface area contributed by atoms with Crippen LogP contribution in [0.15, 0.2) is 30.6 Å². The van der Waals surface area contributed by atoms with Gasteiger partial charge in [0.15, 0.2) is 0 Å². The molecule has 7 nitrogen and oxygen atoms in total. The molecule has 2 heterocycles. The number of nitrogens with one attached hydrogen (secondary N) is 1. The van der Waals surface area contributed by atoms with Gasteiger partial charge in [0.1, 0.15) is 6.33 Å². The topological polar surface area (TPSA) is 80.1 Å². The molecule has 1 fully saturated rings. The third-order valence-electron chi connectivity index (χ3n) is 4.93. The monoisotopic (exact) mass is 339 g/mol. The number of anilines is 2. The molecule has 0 bridgehead atoms. The predicted octanol–water partition coefficient (Wildman–Crippen LogP) is 2.48. The summed E-state index contributed by atoms with van der Waals surface area (Å²) in [6.07, 6.45) is 4.99. The summed E-state index contributed by atoms with van der Waals surface area (Å²) in [6.45, 7) is 2.22. The van der Waals surface area contributed by atoms with Crippen LogP contribution in [0, 0.1) is 0 Å². The van der Waals surface area contributed by atoms with Crippen molar-refractivity contribution in [2.75, 3.05) is 16.8 Å². The Morgan fingerprint density at radius 2 is 2.08 bits per heavy atom. The van der Waals surface area contributed by atoms with Crippen molar-refractivity contribution in [3.8, 4) is 0 Å². The number of para-hydroxylation sites is 1. The molecule has 1 aromatic heterocycles. The molecular weight excluding hydrogens is 318 g/mol. The molecular formula is C18H21N5O2. The van der Waals surface area contributed by atoms with Crippen LogP contribution >= 0.6 is 0 Å². The van der Waals surface area contributed by atoms with Crippen LogP contribution in [0.2, 0.25) is 0 Å². The Balaban J connectivity index is 1.39. The number of hydrogen-bond acceptors (Lipinski definition) is 4. The normalized spacial score (nSPS) is 18.9. The van der Waals surface area contributed by atoms with Crippen LogP contribution in [0.5, 0.6) is 0 Å². The third kappa shape index (κ3) is 3.14. The molecule has 1 atom stereocenters. The lowest BCUT2D eigenvalue weighted by molar-refractivity contribution is -0.116. The number of carbonyl (C=O) groups is 2. The number of carbonyl (C=O) groups excluding carboxylic acids is 2. The van der Waals surface area contributed by atoms with E-state index in [1.165, 1.54) is 0 Å². The molecule has 1 aliphatic carbocycles. The minimum atomic E-state index is -0.0614. The van der Waals surface area contributed by atoms with E-state index in [1.807, 2.05) is 28.8 Å². The SMILES string of the molecule is CC(=O)N1CC(CCC(=O)Nc2nncn2C2CC2)c2ccccc21. The number of aromatic nitrogens is 3. The van der Waals surface area contributed by atoms with Gasteiger partial charge < -0.3 is 4.90 Å². The summed E-state index contributed by atoms with van der Waals surface area (Å²) in [5.41, 5.74) is 2.11. The highest BCUT2D eigenvalue weighted by Gasteiger charge is 2.31. The van der Waals surface area contributed by atoms with Crippen LogP contribution in [0.25, 0.3) is 0 Å². The average Bonchev–Trinajstić information content (AvgIpc) is 3.22. The summed E-state index contributed by atoms with van der Waals surface area (Å²) in [5.74, 6) is 0.697. The summed E-state index contributed by atoms with van der Waals surface area (Å²) in [6, 6.07) is 8.36. The van der Waals surface area contributed by atoms with Crippen LogP contribution in [0.1, 0.15) is 50.1 Å². The fourth-order valence-corrected chi connectivity index (χ4v) is 3.49. The molecule has 0 radical (unpaired) electrons. The van der Waals surface area contributed by atoms with E-state index in [0.717, 1.165) is 24.1 Å². The van der Waals surface area contributed by atoms with Gasteiger partial charge in [-0.15, -0.1) is 10.2 Å². The molecule has 25 heavy (non-hydrogen) atoms. The Hall–Kier alpha value is -2.70. The quantitative estimate of drug-likeness (QED) is 0.907. The zero-order valence-corrected chi connectivity index (χ0v) is 14.2. The van der Waals surface area contributed by atoms with Crippen molar-refractivity contribution in [3.63, 3.8) is 0 Å². The van der Waals surface area contributed by atoms with Gasteiger partial charge in [0.2, 0.25) is 17.8 Å². The highest BCUT2D eigenvalue weighted by Crippen LogP contribution is 2.39. The van der Waals surface area contributed by atoms with Crippen LogP contribution in [-0.4, -0.2) is 33.1 Å². The van der Waals surface area contributed by atoms with Gasteiger partial charge in [0.25, 0.3) is 0 Å². The summed E-state index contributed by atoms with van der Waals surface area (Å²) < 4.78 is 1.93. The Kier molecular flexibility index (Phi) is 3.99. The second-order valence-electron chi connectivity index (χ2n) is 6.77. The molecule has 1 unspecified atom stereocenters. The van der Waals surface area contributed by atoms with E-state index in [-0.39, 0.29) is 17.7 Å². The zero-order valence-electron chi connectivity index (χ0n) is 14.2. The zero-order chi connectivity index (χ0) is 17.4. The molecule has 0 saturated heterocycles. The van der Waals surface area contributed by atoms with Gasteiger partial charge in [0.05, 0.1) is 0 Å². The van der Waals surface area contributed by atoms with E-state index in [0.29, 0.717) is 31.4 Å². The maximum Gasteiger partial charge on any atom is 0.231 e. The van der Waals surface area contributed by atoms with Crippen molar-refractivity contribution in [1.82, 2.24) is 14.8 Å². The van der Waals surface area contributed by atoms with Crippen molar-refractivity contribution in [2.24, 2.45) is 0 Å². The minimum absolute atomic E-state index is 0.0388. The van der Waals surface area contributed by atoms with Gasteiger partial charge >= 0.3 is 0 Å². The smallest absolute Gasteiger partial charge is 0.231 e. The lowest BCUT2D eigenvalue weighted by Gasteiger charge is -2.15. The van der Waals surface area contributed by atoms with Crippen LogP contribution < -0.4 is 10.2 Å². The molecule has 0 spiro atoms. The van der Waals surface area contributed by atoms with E-state index in [4.69, 9.17) is 0 Å². The first-order chi connectivity index (χ1) is 12.1. The van der Waals surface area contributed by atoms with Crippen molar-refractivity contribution >= 4 is 23.5 Å². The maximum atomic E-state index is 12.3. The van der Waals surface area contributed by atoms with E-state index in [2.05, 4.69) is 15.5 Å². The molecule has 1 N–H and O–H groups in total. The van der Waals surface area contributed by atoms with Crippen molar-refractivity contribution in [1.29, 1.82) is 0 Å². The number of fused-ring (bicyclic) bond motifs is 1. The summed E-state index contributed by atoms with van der Waals surface area (Å²) in [4.78, 5) is 26.0. The van der Waals surface area contributed by atoms with Crippen molar-refractivity contribution < 1.29 is 9.59 Å². The number of rotatable bonds is 5. The van der Waals surface area contributed by atoms with Crippen LogP contribution in [0.3, 0.4) is 0 Å². The number of hydrogen-bond donors (Lipinski definition) is 1. The summed E-state index contributed by atoms with van der Waals surface area (Å²) in [7, 11) is 0. The van der Waals surface area contributed by atoms with Gasteiger partial charge in [-0.3, -0.25) is 19.5 Å². The van der Waals surface area contributed by atoms with Crippen molar-refractivity contribution in [2.45, 2.75) is 44.6 Å². The van der Waals surface area contributed by atoms with E-state index in [1.54, 1.807) is 18.2 Å². The third-order valence-corrected chi connectivity index (χ3v) is 4.93. The predicted molar refractivity (Wildman–Crippen MR) is 93.4 cm³/mol.